The second kappa shape index (κ2) is 7.21. The van der Waals surface area contributed by atoms with Crippen molar-refractivity contribution in [2.75, 3.05) is 13.1 Å². The molecule has 1 fully saturated rings. The molecule has 0 bridgehead atoms. The van der Waals surface area contributed by atoms with Gasteiger partial charge in [-0.2, -0.15) is 0 Å². The highest BCUT2D eigenvalue weighted by Crippen LogP contribution is 2.17. The van der Waals surface area contributed by atoms with E-state index in [4.69, 9.17) is 4.74 Å². The zero-order valence-electron chi connectivity index (χ0n) is 13.3. The van der Waals surface area contributed by atoms with Crippen molar-refractivity contribution in [3.05, 3.63) is 30.6 Å². The lowest BCUT2D eigenvalue weighted by Gasteiger charge is -2.24. The average Bonchev–Trinajstić information content (AvgIpc) is 2.97. The molecule has 2 aromatic rings. The van der Waals surface area contributed by atoms with Gasteiger partial charge in [-0.25, -0.2) is 4.68 Å². The first-order valence-electron chi connectivity index (χ1n) is 8.03. The van der Waals surface area contributed by atoms with Gasteiger partial charge in [0.1, 0.15) is 12.1 Å². The summed E-state index contributed by atoms with van der Waals surface area (Å²) in [4.78, 5) is 14.4. The van der Waals surface area contributed by atoms with Crippen LogP contribution < -0.4 is 4.74 Å². The van der Waals surface area contributed by atoms with Gasteiger partial charge in [-0.1, -0.05) is 12.8 Å². The van der Waals surface area contributed by atoms with E-state index in [1.54, 1.807) is 4.68 Å². The topological polar surface area (TPSA) is 73.1 Å². The molecule has 1 atom stereocenters. The second-order valence-electron chi connectivity index (χ2n) is 5.75. The van der Waals surface area contributed by atoms with Crippen molar-refractivity contribution in [3.8, 4) is 11.4 Å². The first-order chi connectivity index (χ1) is 11.2. The van der Waals surface area contributed by atoms with Crippen LogP contribution in [-0.2, 0) is 4.79 Å². The van der Waals surface area contributed by atoms with Crippen LogP contribution in [0.4, 0.5) is 0 Å². The van der Waals surface area contributed by atoms with E-state index in [0.29, 0.717) is 5.75 Å². The van der Waals surface area contributed by atoms with Gasteiger partial charge in [0.25, 0.3) is 5.91 Å². The fourth-order valence-corrected chi connectivity index (χ4v) is 2.76. The lowest BCUT2D eigenvalue weighted by molar-refractivity contribution is -0.137. The van der Waals surface area contributed by atoms with Crippen LogP contribution in [0.2, 0.25) is 0 Å². The Morgan fingerprint density at radius 2 is 1.83 bits per heavy atom. The summed E-state index contributed by atoms with van der Waals surface area (Å²) in [6.45, 7) is 3.48. The van der Waals surface area contributed by atoms with Gasteiger partial charge >= 0.3 is 0 Å². The summed E-state index contributed by atoms with van der Waals surface area (Å²) < 4.78 is 7.36. The third-order valence-corrected chi connectivity index (χ3v) is 4.03. The number of rotatable bonds is 4. The maximum absolute atomic E-state index is 12.5. The molecular formula is C16H21N5O2. The number of tetrazole rings is 1. The third-order valence-electron chi connectivity index (χ3n) is 4.03. The molecule has 7 heteroatoms. The van der Waals surface area contributed by atoms with Gasteiger partial charge in [-0.05, 0) is 54.5 Å². The molecule has 0 spiro atoms. The molecule has 0 aliphatic carbocycles. The molecule has 122 valence electrons. The Kier molecular flexibility index (Phi) is 4.85. The molecular weight excluding hydrogens is 294 g/mol. The van der Waals surface area contributed by atoms with Crippen molar-refractivity contribution >= 4 is 5.91 Å². The van der Waals surface area contributed by atoms with Crippen molar-refractivity contribution in [1.29, 1.82) is 0 Å². The van der Waals surface area contributed by atoms with Gasteiger partial charge in [0, 0.05) is 13.1 Å². The van der Waals surface area contributed by atoms with Gasteiger partial charge in [-0.15, -0.1) is 5.10 Å². The number of benzene rings is 1. The van der Waals surface area contributed by atoms with Crippen LogP contribution in [0.15, 0.2) is 30.6 Å². The SMILES string of the molecule is C[C@@H](Oc1ccc(-n2cnnn2)cc1)C(=O)N1CCCCCC1. The molecule has 0 radical (unpaired) electrons. The van der Waals surface area contributed by atoms with Crippen LogP contribution in [-0.4, -0.2) is 50.2 Å². The van der Waals surface area contributed by atoms with E-state index >= 15 is 0 Å². The molecule has 1 amide bonds. The number of likely N-dealkylation sites (tertiary alicyclic amines) is 1. The van der Waals surface area contributed by atoms with E-state index in [1.807, 2.05) is 36.1 Å². The number of hydrogen-bond acceptors (Lipinski definition) is 5. The Morgan fingerprint density at radius 1 is 1.13 bits per heavy atom. The van der Waals surface area contributed by atoms with Crippen molar-refractivity contribution in [2.45, 2.75) is 38.7 Å². The molecule has 1 aromatic heterocycles. The molecule has 3 rings (SSSR count). The zero-order valence-corrected chi connectivity index (χ0v) is 13.3. The lowest BCUT2D eigenvalue weighted by Crippen LogP contribution is -2.40. The van der Waals surface area contributed by atoms with Crippen LogP contribution in [0, 0.1) is 0 Å². The molecule has 1 aliphatic heterocycles. The number of carbonyl (C=O) groups excluding carboxylic acids is 1. The maximum atomic E-state index is 12.5. The van der Waals surface area contributed by atoms with E-state index in [-0.39, 0.29) is 5.91 Å². The Balaban J connectivity index is 1.60. The third kappa shape index (κ3) is 3.85. The smallest absolute Gasteiger partial charge is 0.263 e. The van der Waals surface area contributed by atoms with E-state index in [2.05, 4.69) is 15.5 Å². The number of nitrogens with zero attached hydrogens (tertiary/aromatic N) is 5. The summed E-state index contributed by atoms with van der Waals surface area (Å²) >= 11 is 0. The Morgan fingerprint density at radius 3 is 2.43 bits per heavy atom. The predicted molar refractivity (Wildman–Crippen MR) is 84.3 cm³/mol. The molecule has 23 heavy (non-hydrogen) atoms. The molecule has 0 saturated carbocycles. The van der Waals surface area contributed by atoms with Gasteiger partial charge in [0.05, 0.1) is 5.69 Å². The van der Waals surface area contributed by atoms with Crippen LogP contribution in [0.25, 0.3) is 5.69 Å². The summed E-state index contributed by atoms with van der Waals surface area (Å²) in [7, 11) is 0. The molecule has 1 aliphatic rings. The van der Waals surface area contributed by atoms with Crippen LogP contribution in [0.3, 0.4) is 0 Å². The van der Waals surface area contributed by atoms with Crippen molar-refractivity contribution in [1.82, 2.24) is 25.1 Å². The van der Waals surface area contributed by atoms with Crippen LogP contribution in [0.1, 0.15) is 32.6 Å². The van der Waals surface area contributed by atoms with Gasteiger partial charge in [0.15, 0.2) is 6.10 Å². The molecule has 0 N–H and O–H groups in total. The number of carbonyl (C=O) groups is 1. The van der Waals surface area contributed by atoms with E-state index in [1.165, 1.54) is 19.2 Å². The Bertz CT molecular complexity index is 618. The number of ether oxygens (including phenoxy) is 1. The maximum Gasteiger partial charge on any atom is 0.263 e. The first kappa shape index (κ1) is 15.5. The Hall–Kier alpha value is -2.44. The van der Waals surface area contributed by atoms with E-state index in [9.17, 15) is 4.79 Å². The fourth-order valence-electron chi connectivity index (χ4n) is 2.76. The minimum absolute atomic E-state index is 0.0662. The molecule has 0 unspecified atom stereocenters. The largest absolute Gasteiger partial charge is 0.481 e. The summed E-state index contributed by atoms with van der Waals surface area (Å²) in [6.07, 6.45) is 5.63. The highest BCUT2D eigenvalue weighted by Gasteiger charge is 2.22. The quantitative estimate of drug-likeness (QED) is 0.860. The van der Waals surface area contributed by atoms with Crippen LogP contribution in [0.5, 0.6) is 5.75 Å². The molecule has 7 nitrogen and oxygen atoms in total. The molecule has 1 saturated heterocycles. The summed E-state index contributed by atoms with van der Waals surface area (Å²) in [5.74, 6) is 0.731. The van der Waals surface area contributed by atoms with Crippen molar-refractivity contribution in [2.24, 2.45) is 0 Å². The summed E-state index contributed by atoms with van der Waals surface area (Å²) in [5.41, 5.74) is 0.842. The summed E-state index contributed by atoms with van der Waals surface area (Å²) in [6, 6.07) is 7.36. The molecule has 1 aromatic carbocycles. The van der Waals surface area contributed by atoms with Crippen molar-refractivity contribution < 1.29 is 9.53 Å². The zero-order chi connectivity index (χ0) is 16.1. The highest BCUT2D eigenvalue weighted by atomic mass is 16.5. The van der Waals surface area contributed by atoms with Gasteiger partial charge in [0.2, 0.25) is 0 Å². The Labute approximate surface area is 135 Å². The highest BCUT2D eigenvalue weighted by molar-refractivity contribution is 5.80. The second-order valence-corrected chi connectivity index (χ2v) is 5.75. The lowest BCUT2D eigenvalue weighted by atomic mass is 10.2. The van der Waals surface area contributed by atoms with Gasteiger partial charge in [-0.3, -0.25) is 4.79 Å². The van der Waals surface area contributed by atoms with Crippen molar-refractivity contribution in [3.63, 3.8) is 0 Å². The van der Waals surface area contributed by atoms with E-state index < -0.39 is 6.10 Å². The summed E-state index contributed by atoms with van der Waals surface area (Å²) in [5, 5.41) is 11.0. The number of hydrogen-bond donors (Lipinski definition) is 0. The van der Waals surface area contributed by atoms with Crippen LogP contribution >= 0.6 is 0 Å². The normalized spacial score (nSPS) is 16.7. The minimum Gasteiger partial charge on any atom is -0.481 e. The first-order valence-corrected chi connectivity index (χ1v) is 8.03. The standard InChI is InChI=1S/C16H21N5O2/c1-13(16(22)20-10-4-2-3-5-11-20)23-15-8-6-14(7-9-15)21-12-17-18-19-21/h6-9,12-13H,2-5,10-11H2,1H3/t13-/m1/s1. The number of aromatic nitrogens is 4. The average molecular weight is 315 g/mol. The predicted octanol–water partition coefficient (Wildman–Crippen LogP) is 1.83. The van der Waals surface area contributed by atoms with Gasteiger partial charge < -0.3 is 9.64 Å². The number of amides is 1. The van der Waals surface area contributed by atoms with E-state index in [0.717, 1.165) is 31.6 Å². The minimum atomic E-state index is -0.480. The molecule has 2 heterocycles. The monoisotopic (exact) mass is 315 g/mol. The fraction of sp³-hybridized carbons (Fsp3) is 0.500.